The van der Waals surface area contributed by atoms with Crippen LogP contribution in [0.3, 0.4) is 0 Å². The summed E-state index contributed by atoms with van der Waals surface area (Å²) in [5.41, 5.74) is -0.356. The molecule has 0 radical (unpaired) electrons. The van der Waals surface area contributed by atoms with Gasteiger partial charge in [-0.2, -0.15) is 0 Å². The minimum absolute atomic E-state index is 0.356. The molecule has 16 heavy (non-hydrogen) atoms. The molecule has 0 spiro atoms. The third-order valence-corrected chi connectivity index (χ3v) is 1.66. The van der Waals surface area contributed by atoms with Gasteiger partial charge in [0.1, 0.15) is 17.1 Å². The largest absolute Gasteiger partial charge is 0.486 e. The van der Waals surface area contributed by atoms with Crippen molar-refractivity contribution in [1.82, 2.24) is 0 Å². The summed E-state index contributed by atoms with van der Waals surface area (Å²) in [6.07, 6.45) is 0. The smallest absolute Gasteiger partial charge is 0.339 e. The van der Waals surface area contributed by atoms with E-state index >= 15 is 0 Å². The first kappa shape index (κ1) is 12.4. The van der Waals surface area contributed by atoms with Gasteiger partial charge in [-0.3, -0.25) is 0 Å². The van der Waals surface area contributed by atoms with Crippen molar-refractivity contribution in [2.45, 2.75) is 12.8 Å². The molecule has 0 saturated carbocycles. The Morgan fingerprint density at radius 3 is 2.62 bits per heavy atom. The fourth-order valence-corrected chi connectivity index (χ4v) is 0.997. The summed E-state index contributed by atoms with van der Waals surface area (Å²) in [6.45, 7) is -0.385. The van der Waals surface area contributed by atoms with E-state index in [9.17, 15) is 18.0 Å². The number of ether oxygens (including phenoxy) is 1. The molecule has 1 aromatic carbocycles. The second kappa shape index (κ2) is 4.42. The third-order valence-electron chi connectivity index (χ3n) is 1.66. The van der Waals surface area contributed by atoms with Gasteiger partial charge in [-0.25, -0.2) is 18.0 Å². The van der Waals surface area contributed by atoms with Crippen molar-refractivity contribution in [3.8, 4) is 5.75 Å². The number of carbonyl (C=O) groups is 1. The standard InChI is InChI=1S/C10H9F3O3/c1-10(12,13)5-16-8-4-6(11)2-3-7(8)9(14)15/h2-4H,5H2,1H3,(H,14,15). The monoisotopic (exact) mass is 234 g/mol. The highest BCUT2D eigenvalue weighted by Crippen LogP contribution is 2.22. The normalized spacial score (nSPS) is 11.2. The van der Waals surface area contributed by atoms with E-state index in [-0.39, 0.29) is 5.56 Å². The lowest BCUT2D eigenvalue weighted by Gasteiger charge is -2.13. The van der Waals surface area contributed by atoms with Gasteiger partial charge in [0.2, 0.25) is 0 Å². The molecule has 0 aliphatic heterocycles. The first-order valence-electron chi connectivity index (χ1n) is 4.33. The summed E-state index contributed by atoms with van der Waals surface area (Å²) in [4.78, 5) is 10.7. The van der Waals surface area contributed by atoms with Crippen LogP contribution in [0.4, 0.5) is 13.2 Å². The Kier molecular flexibility index (Phi) is 3.41. The Morgan fingerprint density at radius 2 is 2.12 bits per heavy atom. The topological polar surface area (TPSA) is 46.5 Å². The van der Waals surface area contributed by atoms with Crippen LogP contribution in [0.1, 0.15) is 17.3 Å². The Morgan fingerprint density at radius 1 is 1.50 bits per heavy atom. The summed E-state index contributed by atoms with van der Waals surface area (Å²) in [5, 5.41) is 8.70. The molecule has 0 aromatic heterocycles. The Hall–Kier alpha value is -1.72. The van der Waals surface area contributed by atoms with Crippen molar-refractivity contribution in [3.05, 3.63) is 29.6 Å². The fraction of sp³-hybridized carbons (Fsp3) is 0.300. The Bertz CT molecular complexity index is 399. The quantitative estimate of drug-likeness (QED) is 0.870. The number of alkyl halides is 2. The molecular weight excluding hydrogens is 225 g/mol. The van der Waals surface area contributed by atoms with Crippen molar-refractivity contribution >= 4 is 5.97 Å². The van der Waals surface area contributed by atoms with Crippen LogP contribution in [0, 0.1) is 5.82 Å². The number of hydrogen-bond acceptors (Lipinski definition) is 2. The van der Waals surface area contributed by atoms with Crippen LogP contribution in [0.5, 0.6) is 5.75 Å². The van der Waals surface area contributed by atoms with Crippen molar-refractivity contribution < 1.29 is 27.8 Å². The van der Waals surface area contributed by atoms with Crippen molar-refractivity contribution in [2.24, 2.45) is 0 Å². The van der Waals surface area contributed by atoms with Gasteiger partial charge in [0.15, 0.2) is 6.61 Å². The molecule has 0 saturated heterocycles. The highest BCUT2D eigenvalue weighted by Gasteiger charge is 2.23. The minimum Gasteiger partial charge on any atom is -0.486 e. The molecule has 0 amide bonds. The first-order chi connectivity index (χ1) is 7.29. The van der Waals surface area contributed by atoms with Crippen LogP contribution in [-0.4, -0.2) is 23.6 Å². The maximum atomic E-state index is 12.8. The molecule has 0 aliphatic carbocycles. The molecule has 6 heteroatoms. The van der Waals surface area contributed by atoms with Gasteiger partial charge in [-0.1, -0.05) is 0 Å². The molecule has 0 atom stereocenters. The summed E-state index contributed by atoms with van der Waals surface area (Å²) < 4.78 is 42.3. The lowest BCUT2D eigenvalue weighted by atomic mass is 10.2. The van der Waals surface area contributed by atoms with E-state index in [1.807, 2.05) is 0 Å². The zero-order valence-corrected chi connectivity index (χ0v) is 8.34. The second-order valence-corrected chi connectivity index (χ2v) is 3.30. The number of aromatic carboxylic acids is 1. The molecule has 0 aliphatic rings. The van der Waals surface area contributed by atoms with Crippen LogP contribution in [-0.2, 0) is 0 Å². The maximum absolute atomic E-state index is 12.8. The van der Waals surface area contributed by atoms with Crippen LogP contribution in [0.15, 0.2) is 18.2 Å². The number of carboxylic acid groups (broad SMARTS) is 1. The number of halogens is 3. The Labute approximate surface area is 89.5 Å². The van der Waals surface area contributed by atoms with E-state index in [0.717, 1.165) is 18.2 Å². The minimum atomic E-state index is -3.11. The number of hydrogen-bond donors (Lipinski definition) is 1. The van der Waals surface area contributed by atoms with Gasteiger partial charge in [0, 0.05) is 13.0 Å². The highest BCUT2D eigenvalue weighted by molar-refractivity contribution is 5.90. The molecule has 0 unspecified atom stereocenters. The number of carboxylic acids is 1. The van der Waals surface area contributed by atoms with Gasteiger partial charge in [-0.05, 0) is 12.1 Å². The molecule has 1 rings (SSSR count). The van der Waals surface area contributed by atoms with Crippen LogP contribution >= 0.6 is 0 Å². The average Bonchev–Trinajstić information content (AvgIpc) is 2.13. The second-order valence-electron chi connectivity index (χ2n) is 3.30. The number of rotatable bonds is 4. The molecule has 1 aromatic rings. The SMILES string of the molecule is CC(F)(F)COc1cc(F)ccc1C(=O)O. The molecule has 0 bridgehead atoms. The summed E-state index contributed by atoms with van der Waals surface area (Å²) in [7, 11) is 0. The summed E-state index contributed by atoms with van der Waals surface area (Å²) in [6, 6.07) is 2.64. The lowest BCUT2D eigenvalue weighted by molar-refractivity contribution is -0.0234. The number of benzene rings is 1. The molecule has 88 valence electrons. The summed E-state index contributed by atoms with van der Waals surface area (Å²) >= 11 is 0. The van der Waals surface area contributed by atoms with E-state index in [0.29, 0.717) is 6.92 Å². The van der Waals surface area contributed by atoms with E-state index in [1.54, 1.807) is 0 Å². The lowest BCUT2D eigenvalue weighted by Crippen LogP contribution is -2.21. The van der Waals surface area contributed by atoms with Gasteiger partial charge >= 0.3 is 5.97 Å². The van der Waals surface area contributed by atoms with Crippen molar-refractivity contribution in [3.63, 3.8) is 0 Å². The van der Waals surface area contributed by atoms with E-state index < -0.39 is 30.1 Å². The van der Waals surface area contributed by atoms with Crippen molar-refractivity contribution in [2.75, 3.05) is 6.61 Å². The molecule has 3 nitrogen and oxygen atoms in total. The van der Waals surface area contributed by atoms with Gasteiger partial charge < -0.3 is 9.84 Å². The van der Waals surface area contributed by atoms with E-state index in [4.69, 9.17) is 5.11 Å². The van der Waals surface area contributed by atoms with Crippen LogP contribution < -0.4 is 4.74 Å². The predicted octanol–water partition coefficient (Wildman–Crippen LogP) is 2.56. The molecule has 0 heterocycles. The predicted molar refractivity (Wildman–Crippen MR) is 49.5 cm³/mol. The van der Waals surface area contributed by atoms with Crippen LogP contribution in [0.25, 0.3) is 0 Å². The molecule has 0 fully saturated rings. The maximum Gasteiger partial charge on any atom is 0.339 e. The van der Waals surface area contributed by atoms with Gasteiger partial charge in [0.05, 0.1) is 0 Å². The van der Waals surface area contributed by atoms with Crippen molar-refractivity contribution in [1.29, 1.82) is 0 Å². The zero-order chi connectivity index (χ0) is 12.3. The Balaban J connectivity index is 2.93. The average molecular weight is 234 g/mol. The molecular formula is C10H9F3O3. The zero-order valence-electron chi connectivity index (χ0n) is 8.34. The van der Waals surface area contributed by atoms with E-state index in [2.05, 4.69) is 4.74 Å². The molecule has 1 N–H and O–H groups in total. The first-order valence-corrected chi connectivity index (χ1v) is 4.33. The fourth-order valence-electron chi connectivity index (χ4n) is 0.997. The summed E-state index contributed by atoms with van der Waals surface area (Å²) in [5.74, 6) is -5.63. The van der Waals surface area contributed by atoms with E-state index in [1.165, 1.54) is 0 Å². The highest BCUT2D eigenvalue weighted by atomic mass is 19.3. The van der Waals surface area contributed by atoms with Gasteiger partial charge in [-0.15, -0.1) is 0 Å². The van der Waals surface area contributed by atoms with Crippen LogP contribution in [0.2, 0.25) is 0 Å². The third kappa shape index (κ3) is 3.45. The van der Waals surface area contributed by atoms with Gasteiger partial charge in [0.25, 0.3) is 5.92 Å².